The Morgan fingerprint density at radius 2 is 1.75 bits per heavy atom. The van der Waals surface area contributed by atoms with Crippen LogP contribution in [-0.2, 0) is 10.0 Å². The molecular formula is C16H19FN4O2S. The third-order valence-electron chi connectivity index (χ3n) is 4.05. The number of piperazine rings is 1. The van der Waals surface area contributed by atoms with Gasteiger partial charge in [0.05, 0.1) is 23.0 Å². The van der Waals surface area contributed by atoms with Crippen LogP contribution in [-0.4, -0.2) is 50.3 Å². The number of sulfonamides is 1. The van der Waals surface area contributed by atoms with Crippen molar-refractivity contribution in [2.24, 2.45) is 5.92 Å². The van der Waals surface area contributed by atoms with E-state index in [1.165, 1.54) is 16.4 Å². The van der Waals surface area contributed by atoms with Crippen molar-refractivity contribution in [1.82, 2.24) is 9.21 Å². The predicted molar refractivity (Wildman–Crippen MR) is 85.5 cm³/mol. The van der Waals surface area contributed by atoms with Crippen molar-refractivity contribution in [2.75, 3.05) is 32.7 Å². The number of nitrogens with zero attached hydrogens (tertiary/aromatic N) is 4. The van der Waals surface area contributed by atoms with Gasteiger partial charge in [-0.2, -0.15) is 14.8 Å². The van der Waals surface area contributed by atoms with Crippen LogP contribution in [0.2, 0.25) is 0 Å². The smallest absolute Gasteiger partial charge is 0.243 e. The lowest BCUT2D eigenvalue weighted by Gasteiger charge is -2.34. The second-order valence-corrected chi connectivity index (χ2v) is 7.62. The zero-order chi connectivity index (χ0) is 17.6. The largest absolute Gasteiger partial charge is 0.299 e. The van der Waals surface area contributed by atoms with Crippen LogP contribution >= 0.6 is 0 Å². The highest BCUT2D eigenvalue weighted by molar-refractivity contribution is 7.89. The molecule has 1 aliphatic rings. The molecule has 1 atom stereocenters. The molecule has 0 amide bonds. The van der Waals surface area contributed by atoms with Crippen molar-refractivity contribution in [1.29, 1.82) is 10.5 Å². The summed E-state index contributed by atoms with van der Waals surface area (Å²) in [5, 5.41) is 17.7. The zero-order valence-electron chi connectivity index (χ0n) is 13.2. The molecule has 0 radical (unpaired) electrons. The molecule has 0 aromatic heterocycles. The van der Waals surface area contributed by atoms with Crippen molar-refractivity contribution >= 4 is 10.0 Å². The zero-order valence-corrected chi connectivity index (χ0v) is 14.0. The fourth-order valence-electron chi connectivity index (χ4n) is 2.66. The third-order valence-corrected chi connectivity index (χ3v) is 5.96. The molecule has 0 saturated carbocycles. The second-order valence-electron chi connectivity index (χ2n) is 5.68. The number of hydrogen-bond acceptors (Lipinski definition) is 5. The first-order valence-electron chi connectivity index (χ1n) is 7.72. The first-order valence-corrected chi connectivity index (χ1v) is 9.16. The van der Waals surface area contributed by atoms with E-state index in [-0.39, 0.29) is 10.8 Å². The summed E-state index contributed by atoms with van der Waals surface area (Å²) in [6.45, 7) is 2.27. The van der Waals surface area contributed by atoms with Gasteiger partial charge in [-0.15, -0.1) is 0 Å². The molecule has 0 N–H and O–H groups in total. The predicted octanol–water partition coefficient (Wildman–Crippen LogP) is 1.58. The van der Waals surface area contributed by atoms with E-state index in [9.17, 15) is 12.8 Å². The van der Waals surface area contributed by atoms with E-state index in [4.69, 9.17) is 10.5 Å². The van der Waals surface area contributed by atoms with Crippen LogP contribution in [0.4, 0.5) is 4.39 Å². The Kier molecular flexibility index (Phi) is 6.27. The monoisotopic (exact) mass is 350 g/mol. The topological polar surface area (TPSA) is 88.2 Å². The summed E-state index contributed by atoms with van der Waals surface area (Å²) >= 11 is 0. The normalized spacial score (nSPS) is 17.8. The van der Waals surface area contributed by atoms with Crippen LogP contribution in [0, 0.1) is 34.4 Å². The van der Waals surface area contributed by atoms with Gasteiger partial charge in [0.2, 0.25) is 10.0 Å². The highest BCUT2D eigenvalue weighted by Crippen LogP contribution is 2.19. The Labute approximate surface area is 141 Å². The maximum atomic E-state index is 13.0. The molecule has 0 aliphatic carbocycles. The first-order chi connectivity index (χ1) is 11.5. The lowest BCUT2D eigenvalue weighted by Crippen LogP contribution is -2.49. The first kappa shape index (κ1) is 18.3. The van der Waals surface area contributed by atoms with Gasteiger partial charge in [-0.05, 0) is 30.7 Å². The van der Waals surface area contributed by atoms with Crippen LogP contribution < -0.4 is 0 Å². The Bertz CT molecular complexity index is 729. The van der Waals surface area contributed by atoms with Crippen molar-refractivity contribution in [3.63, 3.8) is 0 Å². The molecule has 0 spiro atoms. The van der Waals surface area contributed by atoms with Gasteiger partial charge in [0.25, 0.3) is 0 Å². The molecule has 8 heteroatoms. The minimum absolute atomic E-state index is 0.0845. The third kappa shape index (κ3) is 4.51. The maximum absolute atomic E-state index is 13.0. The molecule has 2 rings (SSSR count). The van der Waals surface area contributed by atoms with Crippen LogP contribution in [0.15, 0.2) is 29.2 Å². The lowest BCUT2D eigenvalue weighted by atomic mass is 10.0. The molecule has 1 aliphatic heterocycles. The Morgan fingerprint density at radius 1 is 1.12 bits per heavy atom. The Hall–Kier alpha value is -2.00. The molecule has 0 bridgehead atoms. The fraction of sp³-hybridized carbons (Fsp3) is 0.500. The van der Waals surface area contributed by atoms with E-state index in [0.29, 0.717) is 45.6 Å². The van der Waals surface area contributed by atoms with Gasteiger partial charge >= 0.3 is 0 Å². The standard InChI is InChI=1S/C16H19FN4O2S/c17-15-3-5-16(6-4-15)24(22,23)21-10-8-20(9-11-21)13-14(12-19)2-1-7-18/h3-6,14H,1-2,8-11,13H2/t14-/m0/s1. The van der Waals surface area contributed by atoms with E-state index in [1.54, 1.807) is 0 Å². The van der Waals surface area contributed by atoms with Crippen LogP contribution in [0.25, 0.3) is 0 Å². The summed E-state index contributed by atoms with van der Waals surface area (Å²) in [4.78, 5) is 2.13. The molecule has 128 valence electrons. The molecule has 1 saturated heterocycles. The average molecular weight is 350 g/mol. The number of benzene rings is 1. The summed E-state index contributed by atoms with van der Waals surface area (Å²) in [5.41, 5.74) is 0. The van der Waals surface area contributed by atoms with E-state index in [1.807, 2.05) is 11.0 Å². The highest BCUT2D eigenvalue weighted by atomic mass is 32.2. The lowest BCUT2D eigenvalue weighted by molar-refractivity contribution is 0.173. The molecule has 0 unspecified atom stereocenters. The number of rotatable bonds is 6. The van der Waals surface area contributed by atoms with Gasteiger partial charge in [-0.1, -0.05) is 0 Å². The van der Waals surface area contributed by atoms with Crippen molar-refractivity contribution in [2.45, 2.75) is 17.7 Å². The van der Waals surface area contributed by atoms with Gasteiger partial charge in [-0.3, -0.25) is 4.90 Å². The van der Waals surface area contributed by atoms with Gasteiger partial charge in [0.1, 0.15) is 5.82 Å². The molecule has 24 heavy (non-hydrogen) atoms. The van der Waals surface area contributed by atoms with Crippen molar-refractivity contribution in [3.8, 4) is 12.1 Å². The number of halogens is 1. The van der Waals surface area contributed by atoms with E-state index >= 15 is 0 Å². The maximum Gasteiger partial charge on any atom is 0.243 e. The van der Waals surface area contributed by atoms with Gasteiger partial charge in [-0.25, -0.2) is 12.8 Å². The fourth-order valence-corrected chi connectivity index (χ4v) is 4.08. The summed E-state index contributed by atoms with van der Waals surface area (Å²) in [7, 11) is -3.62. The molecule has 1 heterocycles. The average Bonchev–Trinajstić information content (AvgIpc) is 2.59. The summed E-state index contributed by atoms with van der Waals surface area (Å²) in [6, 6.07) is 9.04. The summed E-state index contributed by atoms with van der Waals surface area (Å²) in [6.07, 6.45) is 0.873. The van der Waals surface area contributed by atoms with Crippen LogP contribution in [0.5, 0.6) is 0 Å². The van der Waals surface area contributed by atoms with Crippen molar-refractivity contribution < 1.29 is 12.8 Å². The number of hydrogen-bond donors (Lipinski definition) is 0. The van der Waals surface area contributed by atoms with Crippen molar-refractivity contribution in [3.05, 3.63) is 30.1 Å². The Balaban J connectivity index is 1.93. The molecule has 1 fully saturated rings. The molecule has 6 nitrogen and oxygen atoms in total. The SMILES string of the molecule is N#CCC[C@@H](C#N)CN1CCN(S(=O)(=O)c2ccc(F)cc2)CC1. The minimum atomic E-state index is -3.62. The van der Waals surface area contributed by atoms with Gasteiger partial charge in [0.15, 0.2) is 0 Å². The van der Waals surface area contributed by atoms with E-state index in [0.717, 1.165) is 12.1 Å². The van der Waals surface area contributed by atoms with E-state index < -0.39 is 15.8 Å². The minimum Gasteiger partial charge on any atom is -0.299 e. The molecule has 1 aromatic carbocycles. The summed E-state index contributed by atoms with van der Waals surface area (Å²) in [5.74, 6) is -0.691. The number of nitriles is 2. The van der Waals surface area contributed by atoms with Crippen LogP contribution in [0.1, 0.15) is 12.8 Å². The second kappa shape index (κ2) is 8.20. The highest BCUT2D eigenvalue weighted by Gasteiger charge is 2.29. The van der Waals surface area contributed by atoms with Gasteiger partial charge in [0, 0.05) is 39.1 Å². The molecular weight excluding hydrogens is 331 g/mol. The van der Waals surface area contributed by atoms with Crippen LogP contribution in [0.3, 0.4) is 0 Å². The quantitative estimate of drug-likeness (QED) is 0.777. The van der Waals surface area contributed by atoms with Gasteiger partial charge < -0.3 is 0 Å². The Morgan fingerprint density at radius 3 is 2.29 bits per heavy atom. The summed E-state index contributed by atoms with van der Waals surface area (Å²) < 4.78 is 39.4. The molecule has 1 aromatic rings. The van der Waals surface area contributed by atoms with E-state index in [2.05, 4.69) is 6.07 Å².